The molecule has 0 unspecified atom stereocenters. The number of anilines is 1. The van der Waals surface area contributed by atoms with Gasteiger partial charge in [0.15, 0.2) is 6.61 Å². The second-order valence-corrected chi connectivity index (χ2v) is 10.3. The Bertz CT molecular complexity index is 1170. The molecule has 2 aliphatic heterocycles. The zero-order valence-corrected chi connectivity index (χ0v) is 20.1. The molecular weight excluding hydrogens is 458 g/mol. The topological polar surface area (TPSA) is 114 Å². The lowest BCUT2D eigenvalue weighted by atomic mass is 9.97. The van der Waals surface area contributed by atoms with Gasteiger partial charge in [0.05, 0.1) is 17.2 Å². The number of nitrogens with one attached hydrogen (secondary N) is 2. The standard InChI is InChI=1S/C24H29N3O6S/c1-3-32-19-6-4-17(5-7-19)14-25-24(29)18-8-10-27(11-9-18)34(30,31)22-13-21-20(12-16(22)2)26-23(28)15-33-21/h4-7,12-13,18H,3,8-11,14-15H2,1-2H3,(H,25,29)(H,26,28). The molecule has 1 saturated heterocycles. The number of aryl methyl sites for hydroxylation is 1. The molecule has 2 aromatic rings. The van der Waals surface area contributed by atoms with Crippen LogP contribution in [0.15, 0.2) is 41.3 Å². The molecule has 0 aliphatic carbocycles. The van der Waals surface area contributed by atoms with Gasteiger partial charge in [-0.2, -0.15) is 4.31 Å². The summed E-state index contributed by atoms with van der Waals surface area (Å²) < 4.78 is 38.8. The molecule has 0 aromatic heterocycles. The third-order valence-corrected chi connectivity index (χ3v) is 8.09. The van der Waals surface area contributed by atoms with Gasteiger partial charge >= 0.3 is 0 Å². The van der Waals surface area contributed by atoms with Crippen molar-refractivity contribution < 1.29 is 27.5 Å². The number of rotatable bonds is 7. The Balaban J connectivity index is 1.34. The highest BCUT2D eigenvalue weighted by Gasteiger charge is 2.34. The first-order valence-corrected chi connectivity index (χ1v) is 12.8. The van der Waals surface area contributed by atoms with E-state index in [0.717, 1.165) is 11.3 Å². The van der Waals surface area contributed by atoms with Crippen molar-refractivity contribution in [2.75, 3.05) is 31.6 Å². The Morgan fingerprint density at radius 1 is 1.21 bits per heavy atom. The van der Waals surface area contributed by atoms with Crippen molar-refractivity contribution in [1.82, 2.24) is 9.62 Å². The average Bonchev–Trinajstić information content (AvgIpc) is 2.83. The summed E-state index contributed by atoms with van der Waals surface area (Å²) in [5.41, 5.74) is 1.97. The molecule has 4 rings (SSSR count). The first-order chi connectivity index (χ1) is 16.3. The van der Waals surface area contributed by atoms with E-state index in [9.17, 15) is 18.0 Å². The summed E-state index contributed by atoms with van der Waals surface area (Å²) in [5.74, 6) is 0.548. The molecule has 2 aromatic carbocycles. The van der Waals surface area contributed by atoms with Crippen molar-refractivity contribution in [3.63, 3.8) is 0 Å². The van der Waals surface area contributed by atoms with E-state index in [-0.39, 0.29) is 42.3 Å². The van der Waals surface area contributed by atoms with E-state index >= 15 is 0 Å². The maximum Gasteiger partial charge on any atom is 0.262 e. The quantitative estimate of drug-likeness (QED) is 0.620. The molecule has 182 valence electrons. The molecule has 2 aliphatic rings. The molecule has 2 amide bonds. The number of piperidine rings is 1. The fourth-order valence-electron chi connectivity index (χ4n) is 4.20. The number of fused-ring (bicyclic) bond motifs is 1. The monoisotopic (exact) mass is 487 g/mol. The molecule has 34 heavy (non-hydrogen) atoms. The highest BCUT2D eigenvalue weighted by molar-refractivity contribution is 7.89. The van der Waals surface area contributed by atoms with Crippen LogP contribution in [0.25, 0.3) is 0 Å². The Labute approximate surface area is 199 Å². The predicted octanol–water partition coefficient (Wildman–Crippen LogP) is 2.44. The van der Waals surface area contributed by atoms with Crippen molar-refractivity contribution in [2.45, 2.75) is 38.1 Å². The zero-order valence-electron chi connectivity index (χ0n) is 19.3. The normalized spacial score (nSPS) is 16.8. The Hall–Kier alpha value is -3.11. The number of carbonyl (C=O) groups is 2. The highest BCUT2D eigenvalue weighted by Crippen LogP contribution is 2.35. The van der Waals surface area contributed by atoms with Gasteiger partial charge < -0.3 is 20.1 Å². The van der Waals surface area contributed by atoms with E-state index in [0.29, 0.717) is 43.0 Å². The number of ether oxygens (including phenoxy) is 2. The predicted molar refractivity (Wildman–Crippen MR) is 126 cm³/mol. The van der Waals surface area contributed by atoms with Crippen molar-refractivity contribution in [1.29, 1.82) is 0 Å². The third kappa shape index (κ3) is 5.18. The van der Waals surface area contributed by atoms with Crippen molar-refractivity contribution in [2.24, 2.45) is 5.92 Å². The first kappa shape index (κ1) is 24.0. The molecule has 10 heteroatoms. The molecule has 0 bridgehead atoms. The van der Waals surface area contributed by atoms with Crippen LogP contribution in [0.2, 0.25) is 0 Å². The lowest BCUT2D eigenvalue weighted by Crippen LogP contribution is -2.43. The van der Waals surface area contributed by atoms with E-state index in [1.54, 1.807) is 13.0 Å². The van der Waals surface area contributed by atoms with E-state index < -0.39 is 10.0 Å². The lowest BCUT2D eigenvalue weighted by molar-refractivity contribution is -0.126. The first-order valence-electron chi connectivity index (χ1n) is 11.3. The van der Waals surface area contributed by atoms with E-state index in [2.05, 4.69) is 10.6 Å². The van der Waals surface area contributed by atoms with Crippen LogP contribution in [-0.4, -0.2) is 50.8 Å². The van der Waals surface area contributed by atoms with Crippen LogP contribution >= 0.6 is 0 Å². The summed E-state index contributed by atoms with van der Waals surface area (Å²) in [6.07, 6.45) is 0.899. The van der Waals surface area contributed by atoms with E-state index in [1.165, 1.54) is 10.4 Å². The summed E-state index contributed by atoms with van der Waals surface area (Å²) in [6, 6.07) is 10.6. The molecule has 9 nitrogen and oxygen atoms in total. The van der Waals surface area contributed by atoms with Gasteiger partial charge in [0.2, 0.25) is 15.9 Å². The van der Waals surface area contributed by atoms with Crippen molar-refractivity contribution in [3.8, 4) is 11.5 Å². The summed E-state index contributed by atoms with van der Waals surface area (Å²) in [6.45, 7) is 5.00. The minimum atomic E-state index is -3.76. The molecular formula is C24H29N3O6S. The molecule has 2 N–H and O–H groups in total. The molecule has 0 saturated carbocycles. The molecule has 2 heterocycles. The number of hydrogen-bond acceptors (Lipinski definition) is 6. The number of amides is 2. The largest absolute Gasteiger partial charge is 0.494 e. The van der Waals surface area contributed by atoms with E-state index in [1.807, 2.05) is 31.2 Å². The Morgan fingerprint density at radius 3 is 2.59 bits per heavy atom. The molecule has 1 fully saturated rings. The average molecular weight is 488 g/mol. The van der Waals surface area contributed by atoms with Gasteiger partial charge in [-0.25, -0.2) is 8.42 Å². The summed E-state index contributed by atoms with van der Waals surface area (Å²) >= 11 is 0. The van der Waals surface area contributed by atoms with Crippen molar-refractivity contribution in [3.05, 3.63) is 47.5 Å². The van der Waals surface area contributed by atoms with Crippen LogP contribution in [0.3, 0.4) is 0 Å². The fraction of sp³-hybridized carbons (Fsp3) is 0.417. The second kappa shape index (κ2) is 10.0. The number of nitrogens with zero attached hydrogens (tertiary/aromatic N) is 1. The van der Waals surface area contributed by atoms with Gasteiger partial charge in [-0.3, -0.25) is 9.59 Å². The smallest absolute Gasteiger partial charge is 0.262 e. The summed E-state index contributed by atoms with van der Waals surface area (Å²) in [5, 5.41) is 5.64. The maximum absolute atomic E-state index is 13.3. The van der Waals surface area contributed by atoms with Gasteiger partial charge in [-0.15, -0.1) is 0 Å². The lowest BCUT2D eigenvalue weighted by Gasteiger charge is -2.31. The molecule has 0 spiro atoms. The Kier molecular flexibility index (Phi) is 7.08. The summed E-state index contributed by atoms with van der Waals surface area (Å²) in [7, 11) is -3.76. The summed E-state index contributed by atoms with van der Waals surface area (Å²) in [4.78, 5) is 24.3. The number of carbonyl (C=O) groups excluding carboxylic acids is 2. The second-order valence-electron chi connectivity index (χ2n) is 8.42. The van der Waals surface area contributed by atoms with Crippen LogP contribution in [0.4, 0.5) is 5.69 Å². The number of sulfonamides is 1. The fourth-order valence-corrected chi connectivity index (χ4v) is 5.89. The van der Waals surface area contributed by atoms with Crippen LogP contribution < -0.4 is 20.1 Å². The number of benzene rings is 2. The molecule has 0 radical (unpaired) electrons. The highest BCUT2D eigenvalue weighted by atomic mass is 32.2. The van der Waals surface area contributed by atoms with Gasteiger partial charge in [-0.05, 0) is 56.0 Å². The molecule has 0 atom stereocenters. The van der Waals surface area contributed by atoms with Crippen LogP contribution in [0.1, 0.15) is 30.9 Å². The SMILES string of the molecule is CCOc1ccc(CNC(=O)C2CCN(S(=O)(=O)c3cc4c(cc3C)NC(=O)CO4)CC2)cc1. The Morgan fingerprint density at radius 2 is 1.91 bits per heavy atom. The van der Waals surface area contributed by atoms with Gasteiger partial charge in [0.25, 0.3) is 5.91 Å². The van der Waals surface area contributed by atoms with Crippen LogP contribution in [0, 0.1) is 12.8 Å². The van der Waals surface area contributed by atoms with E-state index in [4.69, 9.17) is 9.47 Å². The third-order valence-electron chi connectivity index (χ3n) is 6.05. The van der Waals surface area contributed by atoms with Crippen LogP contribution in [0.5, 0.6) is 11.5 Å². The van der Waals surface area contributed by atoms with Crippen LogP contribution in [-0.2, 0) is 26.2 Å². The van der Waals surface area contributed by atoms with Crippen molar-refractivity contribution >= 4 is 27.5 Å². The van der Waals surface area contributed by atoms with Gasteiger partial charge in [-0.1, -0.05) is 12.1 Å². The zero-order chi connectivity index (χ0) is 24.3. The maximum atomic E-state index is 13.3. The van der Waals surface area contributed by atoms with Gasteiger partial charge in [0, 0.05) is 31.6 Å². The minimum Gasteiger partial charge on any atom is -0.494 e. The number of hydrogen-bond donors (Lipinski definition) is 2. The van der Waals surface area contributed by atoms with Gasteiger partial charge in [0.1, 0.15) is 11.5 Å². The minimum absolute atomic E-state index is 0.0694.